The first-order chi connectivity index (χ1) is 27.5. The highest BCUT2D eigenvalue weighted by Gasteiger charge is 2.46. The molecule has 3 aliphatic rings. The number of thioether (sulfide) groups is 1. The number of rotatable bonds is 30. The Labute approximate surface area is 344 Å². The Morgan fingerprint density at radius 3 is 2.24 bits per heavy atom. The van der Waals surface area contributed by atoms with Gasteiger partial charge in [-0.3, -0.25) is 37.4 Å². The van der Waals surface area contributed by atoms with Crippen LogP contribution in [-0.2, 0) is 60.6 Å². The molecule has 0 spiro atoms. The molecule has 3 saturated heterocycles. The molecule has 0 saturated carbocycles. The summed E-state index contributed by atoms with van der Waals surface area (Å²) in [6, 6.07) is 0. The number of phosphoric ester groups is 2. The fourth-order valence-electron chi connectivity index (χ4n) is 6.76. The van der Waals surface area contributed by atoms with Crippen LogP contribution in [0.4, 0.5) is 0 Å². The van der Waals surface area contributed by atoms with Crippen LogP contribution >= 0.6 is 27.4 Å². The first kappa shape index (κ1) is 51.3. The minimum Gasteiger partial charge on any atom is -0.396 e. The predicted molar refractivity (Wildman–Crippen MR) is 208 cm³/mol. The van der Waals surface area contributed by atoms with Gasteiger partial charge in [-0.05, 0) is 51.7 Å². The van der Waals surface area contributed by atoms with Crippen molar-refractivity contribution in [3.8, 4) is 0 Å². The molecule has 12 unspecified atom stereocenters. The van der Waals surface area contributed by atoms with Crippen LogP contribution in [0.1, 0.15) is 78.1 Å². The molecule has 3 heterocycles. The Kier molecular flexibility index (Phi) is 22.7. The van der Waals surface area contributed by atoms with Crippen molar-refractivity contribution in [1.29, 1.82) is 0 Å². The van der Waals surface area contributed by atoms with Crippen LogP contribution in [0.3, 0.4) is 0 Å². The summed E-state index contributed by atoms with van der Waals surface area (Å²) in [7, 11) is -6.06. The predicted octanol–water partition coefficient (Wildman–Crippen LogP) is 1.68. The van der Waals surface area contributed by atoms with E-state index in [1.54, 1.807) is 13.8 Å². The molecule has 20 nitrogen and oxygen atoms in total. The molecule has 23 heteroatoms. The van der Waals surface area contributed by atoms with Gasteiger partial charge in [0.25, 0.3) is 0 Å². The molecule has 0 aliphatic carbocycles. The molecule has 0 radical (unpaired) electrons. The van der Waals surface area contributed by atoms with Crippen LogP contribution in [0.15, 0.2) is 0 Å². The molecule has 0 aromatic rings. The molecule has 3 fully saturated rings. The molecule has 58 heavy (non-hydrogen) atoms. The van der Waals surface area contributed by atoms with Gasteiger partial charge in [-0.2, -0.15) is 0 Å². The maximum Gasteiger partial charge on any atom is 0.472 e. The molecule has 6 N–H and O–H groups in total. The minimum absolute atomic E-state index is 0.0131. The number of methoxy groups -OCH3 is 2. The maximum atomic E-state index is 12.9. The third kappa shape index (κ3) is 17.0. The molecular weight excluding hydrogens is 830 g/mol. The average Bonchev–Trinajstić information content (AvgIpc) is 3.72. The number of aliphatic hydroxyl groups is 3. The second kappa shape index (κ2) is 25.7. The van der Waals surface area contributed by atoms with Crippen molar-refractivity contribution in [1.82, 2.24) is 10.2 Å². The molecule has 3 aliphatic heterocycles. The number of nitrogens with zero attached hydrogens (tertiary/aromatic N) is 1. The number of likely N-dealkylation sites (tertiary alicyclic amines) is 1. The zero-order chi connectivity index (χ0) is 42.9. The van der Waals surface area contributed by atoms with Crippen LogP contribution in [0.5, 0.6) is 0 Å². The Balaban J connectivity index is 1.19. The molecule has 338 valence electrons. The Bertz CT molecular complexity index is 1370. The lowest BCUT2D eigenvalue weighted by atomic mass is 10.0. The lowest BCUT2D eigenvalue weighted by Gasteiger charge is -2.24. The number of hydrogen-bond donors (Lipinski definition) is 6. The summed E-state index contributed by atoms with van der Waals surface area (Å²) in [6.07, 6.45) is -1.42. The minimum atomic E-state index is -4.58. The normalized spacial score (nSPS) is 30.2. The fraction of sp³-hybridized carbons (Fsp3) is 0.914. The Morgan fingerprint density at radius 2 is 1.57 bits per heavy atom. The SMILES string of the molecule is COCC1OC(C)C(O)C1OP(=O)(O)OCC(CO)CCCCNC(=O)CCCN1C(=O)CC(SCCCCCCOP(=O)(O)OCC2OC(C)C(O)C2OC)C1=O. The first-order valence-electron chi connectivity index (χ1n) is 19.8. The van der Waals surface area contributed by atoms with Gasteiger partial charge < -0.3 is 49.4 Å². The van der Waals surface area contributed by atoms with Gasteiger partial charge in [-0.25, -0.2) is 9.13 Å². The third-order valence-electron chi connectivity index (χ3n) is 10.1. The van der Waals surface area contributed by atoms with Crippen LogP contribution in [-0.4, -0.2) is 168 Å². The summed E-state index contributed by atoms with van der Waals surface area (Å²) in [5.41, 5.74) is 0. The largest absolute Gasteiger partial charge is 0.472 e. The van der Waals surface area contributed by atoms with Crippen molar-refractivity contribution in [3.63, 3.8) is 0 Å². The first-order valence-corrected chi connectivity index (χ1v) is 23.9. The van der Waals surface area contributed by atoms with Gasteiger partial charge in [0.1, 0.15) is 36.6 Å². The zero-order valence-electron chi connectivity index (χ0n) is 33.8. The van der Waals surface area contributed by atoms with E-state index in [-0.39, 0.29) is 70.1 Å². The van der Waals surface area contributed by atoms with E-state index in [9.17, 15) is 48.6 Å². The van der Waals surface area contributed by atoms with Gasteiger partial charge in [0.15, 0.2) is 0 Å². The maximum absolute atomic E-state index is 12.9. The summed E-state index contributed by atoms with van der Waals surface area (Å²) in [4.78, 5) is 59.1. The van der Waals surface area contributed by atoms with E-state index in [1.807, 2.05) is 0 Å². The number of phosphoric acid groups is 2. The number of hydrogen-bond acceptors (Lipinski definition) is 17. The third-order valence-corrected chi connectivity index (χ3v) is 13.4. The molecular formula is C35H64N2O18P2S. The van der Waals surface area contributed by atoms with E-state index in [2.05, 4.69) is 5.32 Å². The molecule has 3 rings (SSSR count). The number of nitrogens with one attached hydrogen (secondary N) is 1. The van der Waals surface area contributed by atoms with Crippen molar-refractivity contribution in [2.75, 3.05) is 66.1 Å². The van der Waals surface area contributed by atoms with Gasteiger partial charge >= 0.3 is 15.6 Å². The molecule has 0 aromatic heterocycles. The number of ether oxygens (including phenoxy) is 4. The molecule has 3 amide bonds. The van der Waals surface area contributed by atoms with E-state index in [0.717, 1.165) is 19.3 Å². The van der Waals surface area contributed by atoms with Crippen LogP contribution < -0.4 is 5.32 Å². The van der Waals surface area contributed by atoms with E-state index >= 15 is 0 Å². The highest BCUT2D eigenvalue weighted by molar-refractivity contribution is 8.00. The number of carbonyl (C=O) groups excluding carboxylic acids is 3. The topological polar surface area (TPSA) is 276 Å². The quantitative estimate of drug-likeness (QED) is 0.0340. The van der Waals surface area contributed by atoms with Crippen LogP contribution in [0.2, 0.25) is 0 Å². The number of aliphatic hydroxyl groups excluding tert-OH is 3. The Morgan fingerprint density at radius 1 is 0.897 bits per heavy atom. The van der Waals surface area contributed by atoms with E-state index in [1.165, 1.54) is 30.9 Å². The van der Waals surface area contributed by atoms with Gasteiger partial charge in [-0.15, -0.1) is 11.8 Å². The Hall–Kier alpha value is -1.10. The smallest absolute Gasteiger partial charge is 0.396 e. The number of carbonyl (C=O) groups is 3. The number of unbranched alkanes of at least 4 members (excludes halogenated alkanes) is 4. The van der Waals surface area contributed by atoms with Gasteiger partial charge in [0, 0.05) is 52.7 Å². The fourth-order valence-corrected chi connectivity index (χ4v) is 9.75. The van der Waals surface area contributed by atoms with Crippen molar-refractivity contribution in [3.05, 3.63) is 0 Å². The molecule has 12 atom stereocenters. The number of imide groups is 1. The summed E-state index contributed by atoms with van der Waals surface area (Å²) >= 11 is 1.42. The zero-order valence-corrected chi connectivity index (χ0v) is 36.4. The van der Waals surface area contributed by atoms with Crippen molar-refractivity contribution >= 4 is 45.1 Å². The van der Waals surface area contributed by atoms with Crippen LogP contribution in [0, 0.1) is 5.92 Å². The second-order valence-corrected chi connectivity index (χ2v) is 18.9. The van der Waals surface area contributed by atoms with Crippen molar-refractivity contribution < 1.29 is 85.7 Å². The second-order valence-electron chi connectivity index (χ2n) is 14.7. The van der Waals surface area contributed by atoms with Crippen LogP contribution in [0.25, 0.3) is 0 Å². The summed E-state index contributed by atoms with van der Waals surface area (Å²) < 4.78 is 66.4. The van der Waals surface area contributed by atoms with E-state index < -0.39 is 75.6 Å². The lowest BCUT2D eigenvalue weighted by Crippen LogP contribution is -2.36. The highest BCUT2D eigenvalue weighted by atomic mass is 32.2. The molecule has 0 aromatic carbocycles. The van der Waals surface area contributed by atoms with Crippen molar-refractivity contribution in [2.45, 2.75) is 132 Å². The van der Waals surface area contributed by atoms with Crippen molar-refractivity contribution in [2.24, 2.45) is 5.92 Å². The monoisotopic (exact) mass is 894 g/mol. The highest BCUT2D eigenvalue weighted by Crippen LogP contribution is 2.48. The summed E-state index contributed by atoms with van der Waals surface area (Å²) in [5.74, 6) is -0.548. The van der Waals surface area contributed by atoms with E-state index in [4.69, 9.17) is 37.0 Å². The standard InChI is InChI=1S/C35H64N2O18P2S/c1-23-31(41)33(49-4)27(54-23)22-52-56(44,45)50-16-9-5-6-10-17-58-28-18-30(40)37(35(28)43)15-11-13-29(39)36-14-8-7-12-25(19-38)20-51-57(46,47)55-34-26(21-48-3)53-24(2)32(34)42/h23-28,31-34,38,41-42H,5-22H2,1-4H3,(H,36,39)(H,44,45)(H,46,47). The van der Waals surface area contributed by atoms with E-state index in [0.29, 0.717) is 44.4 Å². The summed E-state index contributed by atoms with van der Waals surface area (Å²) in [5, 5.41) is 32.4. The van der Waals surface area contributed by atoms with Gasteiger partial charge in [0.05, 0.1) is 43.9 Å². The average molecular weight is 895 g/mol. The molecule has 0 bridgehead atoms. The van der Waals surface area contributed by atoms with Gasteiger partial charge in [-0.1, -0.05) is 19.3 Å². The lowest BCUT2D eigenvalue weighted by molar-refractivity contribution is -0.138. The van der Waals surface area contributed by atoms with Gasteiger partial charge in [0.2, 0.25) is 17.7 Å². The number of amides is 3. The summed E-state index contributed by atoms with van der Waals surface area (Å²) in [6.45, 7) is 3.02.